The van der Waals surface area contributed by atoms with E-state index in [0.717, 1.165) is 31.4 Å². The van der Waals surface area contributed by atoms with Crippen LogP contribution >= 0.6 is 0 Å². The van der Waals surface area contributed by atoms with Gasteiger partial charge in [0.05, 0.1) is 5.60 Å². The van der Waals surface area contributed by atoms with Crippen molar-refractivity contribution >= 4 is 0 Å². The number of benzene rings is 1. The smallest absolute Gasteiger partial charge is 0.127 e. The second-order valence-corrected chi connectivity index (χ2v) is 5.73. The lowest BCUT2D eigenvalue weighted by Crippen LogP contribution is -2.37. The van der Waals surface area contributed by atoms with Gasteiger partial charge in [-0.15, -0.1) is 0 Å². The molecule has 0 spiro atoms. The Labute approximate surface area is 110 Å². The van der Waals surface area contributed by atoms with Gasteiger partial charge in [-0.2, -0.15) is 0 Å². The summed E-state index contributed by atoms with van der Waals surface area (Å²) in [7, 11) is 0. The predicted molar refractivity (Wildman–Crippen MR) is 74.0 cm³/mol. The highest BCUT2D eigenvalue weighted by Gasteiger charge is 2.38. The molecule has 0 aliphatic heterocycles. The highest BCUT2D eigenvalue weighted by molar-refractivity contribution is 5.29. The monoisotopic (exact) mass is 248 g/mol. The molecule has 2 heteroatoms. The zero-order valence-corrected chi connectivity index (χ0v) is 11.6. The zero-order valence-electron chi connectivity index (χ0n) is 11.6. The Hall–Kier alpha value is -1.02. The highest BCUT2D eigenvalue weighted by Crippen LogP contribution is 2.33. The summed E-state index contributed by atoms with van der Waals surface area (Å²) in [5.41, 5.74) is 0.679. The van der Waals surface area contributed by atoms with Gasteiger partial charge in [0.15, 0.2) is 0 Å². The van der Waals surface area contributed by atoms with Crippen molar-refractivity contribution in [1.82, 2.24) is 0 Å². The van der Waals surface area contributed by atoms with Gasteiger partial charge < -0.3 is 9.84 Å². The summed E-state index contributed by atoms with van der Waals surface area (Å²) in [6, 6.07) is 8.31. The minimum Gasteiger partial charge on any atom is -0.487 e. The van der Waals surface area contributed by atoms with Crippen molar-refractivity contribution in [2.24, 2.45) is 0 Å². The normalized spacial score (nSPS) is 29.2. The number of ether oxygens (including phenoxy) is 1. The van der Waals surface area contributed by atoms with E-state index in [0.29, 0.717) is 5.92 Å². The third kappa shape index (κ3) is 2.86. The molecule has 1 saturated carbocycles. The minimum absolute atomic E-state index is 0.0630. The van der Waals surface area contributed by atoms with Crippen LogP contribution in [-0.4, -0.2) is 16.8 Å². The molecule has 0 heterocycles. The van der Waals surface area contributed by atoms with Crippen LogP contribution in [0.25, 0.3) is 0 Å². The molecule has 100 valence electrons. The van der Waals surface area contributed by atoms with E-state index < -0.39 is 5.60 Å². The number of rotatable bonds is 4. The van der Waals surface area contributed by atoms with Crippen molar-refractivity contribution in [2.75, 3.05) is 0 Å². The first-order valence-electron chi connectivity index (χ1n) is 7.02. The van der Waals surface area contributed by atoms with Crippen LogP contribution in [-0.2, 0) is 0 Å². The summed E-state index contributed by atoms with van der Waals surface area (Å²) in [4.78, 5) is 0. The first-order chi connectivity index (χ1) is 8.53. The van der Waals surface area contributed by atoms with Gasteiger partial charge in [0.1, 0.15) is 11.9 Å². The second kappa shape index (κ2) is 5.31. The van der Waals surface area contributed by atoms with E-state index in [2.05, 4.69) is 26.0 Å². The van der Waals surface area contributed by atoms with Gasteiger partial charge in [0, 0.05) is 0 Å². The number of aliphatic hydroxyl groups is 1. The van der Waals surface area contributed by atoms with Crippen LogP contribution in [0.2, 0.25) is 0 Å². The Kier molecular flexibility index (Phi) is 3.96. The summed E-state index contributed by atoms with van der Waals surface area (Å²) < 4.78 is 5.91. The number of hydrogen-bond acceptors (Lipinski definition) is 2. The summed E-state index contributed by atoms with van der Waals surface area (Å²) >= 11 is 0. The molecular weight excluding hydrogens is 224 g/mol. The molecule has 3 unspecified atom stereocenters. The van der Waals surface area contributed by atoms with Crippen molar-refractivity contribution < 1.29 is 9.84 Å². The van der Waals surface area contributed by atoms with Gasteiger partial charge >= 0.3 is 0 Å². The van der Waals surface area contributed by atoms with Gasteiger partial charge in [0.25, 0.3) is 0 Å². The maximum absolute atomic E-state index is 10.2. The molecule has 2 rings (SSSR count). The maximum Gasteiger partial charge on any atom is 0.127 e. The lowest BCUT2D eigenvalue weighted by Gasteiger charge is -2.26. The number of hydrogen-bond donors (Lipinski definition) is 1. The molecule has 0 saturated heterocycles. The van der Waals surface area contributed by atoms with Crippen molar-refractivity contribution in [3.8, 4) is 5.75 Å². The molecule has 0 bridgehead atoms. The molecule has 0 radical (unpaired) electrons. The van der Waals surface area contributed by atoms with E-state index in [1.165, 1.54) is 5.56 Å². The van der Waals surface area contributed by atoms with Gasteiger partial charge in [-0.25, -0.2) is 0 Å². The van der Waals surface area contributed by atoms with Crippen LogP contribution in [0.3, 0.4) is 0 Å². The van der Waals surface area contributed by atoms with Crippen LogP contribution < -0.4 is 4.74 Å². The van der Waals surface area contributed by atoms with Crippen molar-refractivity contribution in [3.63, 3.8) is 0 Å². The Bertz CT molecular complexity index is 381. The quantitative estimate of drug-likeness (QED) is 0.876. The lowest BCUT2D eigenvalue weighted by molar-refractivity contribution is -0.0252. The van der Waals surface area contributed by atoms with Crippen LogP contribution in [0.5, 0.6) is 5.75 Å². The molecule has 1 aliphatic rings. The Morgan fingerprint density at radius 1 is 1.39 bits per heavy atom. The molecule has 1 aromatic carbocycles. The summed E-state index contributed by atoms with van der Waals surface area (Å²) in [5, 5.41) is 10.2. The summed E-state index contributed by atoms with van der Waals surface area (Å²) in [6.45, 7) is 6.31. The van der Waals surface area contributed by atoms with E-state index >= 15 is 0 Å². The fraction of sp³-hybridized carbons (Fsp3) is 0.625. The van der Waals surface area contributed by atoms with E-state index in [1.807, 2.05) is 19.1 Å². The molecule has 3 atom stereocenters. The van der Waals surface area contributed by atoms with Crippen molar-refractivity contribution in [3.05, 3.63) is 29.8 Å². The first-order valence-corrected chi connectivity index (χ1v) is 7.02. The standard InChI is InChI=1S/C16H24O2/c1-4-12(2)13-7-9-14(10-8-13)18-15-6-5-11-16(15,3)17/h7-10,12,15,17H,4-6,11H2,1-3H3. The average Bonchev–Trinajstić information content (AvgIpc) is 2.69. The average molecular weight is 248 g/mol. The molecule has 0 amide bonds. The Morgan fingerprint density at radius 2 is 2.06 bits per heavy atom. The molecule has 1 aliphatic carbocycles. The highest BCUT2D eigenvalue weighted by atomic mass is 16.5. The third-order valence-electron chi connectivity index (χ3n) is 4.18. The maximum atomic E-state index is 10.2. The van der Waals surface area contributed by atoms with Gasteiger partial charge in [0.2, 0.25) is 0 Å². The van der Waals surface area contributed by atoms with Crippen molar-refractivity contribution in [1.29, 1.82) is 0 Å². The second-order valence-electron chi connectivity index (χ2n) is 5.73. The largest absolute Gasteiger partial charge is 0.487 e. The van der Waals surface area contributed by atoms with E-state index in [9.17, 15) is 5.11 Å². The molecule has 18 heavy (non-hydrogen) atoms. The molecule has 2 nitrogen and oxygen atoms in total. The van der Waals surface area contributed by atoms with Crippen LogP contribution in [0.15, 0.2) is 24.3 Å². The van der Waals surface area contributed by atoms with E-state index in [1.54, 1.807) is 0 Å². The summed E-state index contributed by atoms with van der Waals surface area (Å²) in [5.74, 6) is 1.46. The molecule has 1 N–H and O–H groups in total. The molecule has 1 fully saturated rings. The topological polar surface area (TPSA) is 29.5 Å². The third-order valence-corrected chi connectivity index (χ3v) is 4.18. The molecule has 0 aromatic heterocycles. The van der Waals surface area contributed by atoms with Gasteiger partial charge in [-0.1, -0.05) is 26.0 Å². The van der Waals surface area contributed by atoms with Crippen LogP contribution in [0, 0.1) is 0 Å². The predicted octanol–water partition coefficient (Wildman–Crippen LogP) is 3.88. The van der Waals surface area contributed by atoms with E-state index in [4.69, 9.17) is 4.74 Å². The van der Waals surface area contributed by atoms with Gasteiger partial charge in [-0.05, 0) is 56.2 Å². The SMILES string of the molecule is CCC(C)c1ccc(OC2CCCC2(C)O)cc1. The first kappa shape index (κ1) is 13.4. The Morgan fingerprint density at radius 3 is 2.56 bits per heavy atom. The minimum atomic E-state index is -0.671. The summed E-state index contributed by atoms with van der Waals surface area (Å²) in [6.07, 6.45) is 3.91. The Balaban J connectivity index is 2.02. The fourth-order valence-electron chi connectivity index (χ4n) is 2.58. The van der Waals surface area contributed by atoms with Crippen LogP contribution in [0.1, 0.15) is 57.9 Å². The molecule has 1 aromatic rings. The van der Waals surface area contributed by atoms with E-state index in [-0.39, 0.29) is 6.10 Å². The molecular formula is C16H24O2. The fourth-order valence-corrected chi connectivity index (χ4v) is 2.58. The lowest BCUT2D eigenvalue weighted by atomic mass is 9.99. The van der Waals surface area contributed by atoms with Gasteiger partial charge in [-0.3, -0.25) is 0 Å². The van der Waals surface area contributed by atoms with Crippen molar-refractivity contribution in [2.45, 2.75) is 64.1 Å². The zero-order chi connectivity index (χ0) is 13.2. The van der Waals surface area contributed by atoms with Crippen LogP contribution in [0.4, 0.5) is 0 Å².